The van der Waals surface area contributed by atoms with Crippen LogP contribution in [0.25, 0.3) is 0 Å². The van der Waals surface area contributed by atoms with Crippen LogP contribution in [-0.2, 0) is 22.4 Å². The highest BCUT2D eigenvalue weighted by Gasteiger charge is 2.18. The van der Waals surface area contributed by atoms with Gasteiger partial charge in [0.15, 0.2) is 0 Å². The second-order valence-corrected chi connectivity index (χ2v) is 6.72. The van der Waals surface area contributed by atoms with Gasteiger partial charge < -0.3 is 15.6 Å². The first kappa shape index (κ1) is 17.2. The van der Waals surface area contributed by atoms with Crippen LogP contribution in [0.1, 0.15) is 24.6 Å². The lowest BCUT2D eigenvalue weighted by atomic mass is 10.2. The van der Waals surface area contributed by atoms with Gasteiger partial charge in [-0.15, -0.1) is 0 Å². The highest BCUT2D eigenvalue weighted by Crippen LogP contribution is 2.27. The molecule has 1 aromatic heterocycles. The van der Waals surface area contributed by atoms with Crippen molar-refractivity contribution in [1.29, 1.82) is 0 Å². The number of aryl methyl sites for hydroxylation is 1. The minimum Gasteiger partial charge on any atom is -0.326 e. The normalized spacial score (nSPS) is 12.5. The molecule has 0 bridgehead atoms. The number of hydrogen-bond donors (Lipinski definition) is 3. The molecule has 1 heterocycles. The molecule has 7 nitrogen and oxygen atoms in total. The molecular weight excluding hydrogens is 340 g/mol. The van der Waals surface area contributed by atoms with E-state index in [2.05, 4.69) is 20.6 Å². The highest BCUT2D eigenvalue weighted by molar-refractivity contribution is 8.00. The van der Waals surface area contributed by atoms with Crippen molar-refractivity contribution in [2.24, 2.45) is 0 Å². The maximum Gasteiger partial charge on any atom is 0.346 e. The topological polar surface area (TPSA) is 104 Å². The molecule has 0 radical (unpaired) electrons. The molecule has 8 heteroatoms. The molecule has 130 valence electrons. The standard InChI is InChI=1S/C17H18N4O3S/c1-10(22)18-11-4-2-5-12(8-11)19-15(23)9-25-16-13-6-3-7-14(13)20-17(24)21-16/h2,4-5,8H,3,6-7,9H2,1H3,(H,18,22)(H,19,23)(H,20,21,24). The molecule has 2 aromatic rings. The molecule has 0 spiro atoms. The van der Waals surface area contributed by atoms with Gasteiger partial charge in [0.05, 0.1) is 5.75 Å². The Bertz CT molecular complexity index is 878. The Morgan fingerprint density at radius 2 is 2.00 bits per heavy atom. The molecule has 0 aliphatic heterocycles. The number of benzene rings is 1. The van der Waals surface area contributed by atoms with E-state index in [4.69, 9.17) is 0 Å². The van der Waals surface area contributed by atoms with Crippen LogP contribution in [0, 0.1) is 0 Å². The second kappa shape index (κ2) is 7.52. The first-order chi connectivity index (χ1) is 12.0. The highest BCUT2D eigenvalue weighted by atomic mass is 32.2. The van der Waals surface area contributed by atoms with Gasteiger partial charge >= 0.3 is 5.69 Å². The number of hydrogen-bond acceptors (Lipinski definition) is 5. The van der Waals surface area contributed by atoms with Crippen LogP contribution in [0.4, 0.5) is 11.4 Å². The van der Waals surface area contributed by atoms with E-state index in [1.54, 1.807) is 24.3 Å². The van der Waals surface area contributed by atoms with Crippen LogP contribution in [0.2, 0.25) is 0 Å². The van der Waals surface area contributed by atoms with Crippen LogP contribution in [-0.4, -0.2) is 27.5 Å². The zero-order valence-corrected chi connectivity index (χ0v) is 14.5. The molecule has 1 aromatic carbocycles. The summed E-state index contributed by atoms with van der Waals surface area (Å²) >= 11 is 1.27. The zero-order valence-electron chi connectivity index (χ0n) is 13.7. The van der Waals surface area contributed by atoms with E-state index in [0.29, 0.717) is 16.4 Å². The lowest BCUT2D eigenvalue weighted by Crippen LogP contribution is -2.17. The monoisotopic (exact) mass is 358 g/mol. The number of carbonyl (C=O) groups is 2. The van der Waals surface area contributed by atoms with Gasteiger partial charge in [0.25, 0.3) is 0 Å². The summed E-state index contributed by atoms with van der Waals surface area (Å²) in [6.45, 7) is 1.43. The number of aromatic nitrogens is 2. The van der Waals surface area contributed by atoms with Crippen LogP contribution in [0.3, 0.4) is 0 Å². The van der Waals surface area contributed by atoms with Crippen molar-refractivity contribution in [2.75, 3.05) is 16.4 Å². The number of thioether (sulfide) groups is 1. The van der Waals surface area contributed by atoms with Gasteiger partial charge in [0, 0.05) is 29.6 Å². The maximum absolute atomic E-state index is 12.2. The third-order valence-corrected chi connectivity index (χ3v) is 4.76. The SMILES string of the molecule is CC(=O)Nc1cccc(NC(=O)CSc2nc(=O)[nH]c3c2CCC3)c1. The summed E-state index contributed by atoms with van der Waals surface area (Å²) in [5.41, 5.74) is 2.83. The van der Waals surface area contributed by atoms with E-state index in [9.17, 15) is 14.4 Å². The fourth-order valence-corrected chi connectivity index (χ4v) is 3.65. The molecular formula is C17H18N4O3S. The Hall–Kier alpha value is -2.61. The van der Waals surface area contributed by atoms with Crippen molar-refractivity contribution in [3.05, 3.63) is 46.0 Å². The number of carbonyl (C=O) groups excluding carboxylic acids is 2. The van der Waals surface area contributed by atoms with E-state index in [1.807, 2.05) is 0 Å². The van der Waals surface area contributed by atoms with Crippen molar-refractivity contribution in [2.45, 2.75) is 31.2 Å². The molecule has 0 saturated carbocycles. The van der Waals surface area contributed by atoms with E-state index >= 15 is 0 Å². The van der Waals surface area contributed by atoms with Crippen molar-refractivity contribution >= 4 is 35.0 Å². The van der Waals surface area contributed by atoms with E-state index in [-0.39, 0.29) is 23.3 Å². The zero-order chi connectivity index (χ0) is 17.8. The van der Waals surface area contributed by atoms with Crippen molar-refractivity contribution in [3.8, 4) is 0 Å². The minimum absolute atomic E-state index is 0.160. The first-order valence-electron chi connectivity index (χ1n) is 7.93. The number of H-pyrrole nitrogens is 1. The Labute approximate surface area is 148 Å². The van der Waals surface area contributed by atoms with Crippen LogP contribution in [0.15, 0.2) is 34.1 Å². The third kappa shape index (κ3) is 4.48. The fourth-order valence-electron chi connectivity index (χ4n) is 2.76. The number of amides is 2. The maximum atomic E-state index is 12.2. The summed E-state index contributed by atoms with van der Waals surface area (Å²) in [4.78, 5) is 41.6. The van der Waals surface area contributed by atoms with Gasteiger partial charge in [-0.05, 0) is 37.5 Å². The third-order valence-electron chi connectivity index (χ3n) is 3.74. The van der Waals surface area contributed by atoms with E-state index in [0.717, 1.165) is 30.5 Å². The number of nitrogens with zero attached hydrogens (tertiary/aromatic N) is 1. The minimum atomic E-state index is -0.369. The average Bonchev–Trinajstić information content (AvgIpc) is 3.00. The van der Waals surface area contributed by atoms with Crippen molar-refractivity contribution < 1.29 is 9.59 Å². The summed E-state index contributed by atoms with van der Waals surface area (Å²) < 4.78 is 0. The Morgan fingerprint density at radius 1 is 1.24 bits per heavy atom. The van der Waals surface area contributed by atoms with Gasteiger partial charge in [-0.2, -0.15) is 4.98 Å². The number of aromatic amines is 1. The van der Waals surface area contributed by atoms with Crippen LogP contribution < -0.4 is 16.3 Å². The molecule has 3 N–H and O–H groups in total. The van der Waals surface area contributed by atoms with E-state index < -0.39 is 0 Å². The van der Waals surface area contributed by atoms with Gasteiger partial charge in [-0.1, -0.05) is 17.8 Å². The molecule has 0 atom stereocenters. The van der Waals surface area contributed by atoms with Crippen molar-refractivity contribution in [1.82, 2.24) is 9.97 Å². The Kier molecular flexibility index (Phi) is 5.18. The predicted molar refractivity (Wildman–Crippen MR) is 97.0 cm³/mol. The molecule has 0 fully saturated rings. The van der Waals surface area contributed by atoms with Crippen LogP contribution in [0.5, 0.6) is 0 Å². The molecule has 2 amide bonds. The smallest absolute Gasteiger partial charge is 0.326 e. The van der Waals surface area contributed by atoms with Crippen LogP contribution >= 0.6 is 11.8 Å². The average molecular weight is 358 g/mol. The lowest BCUT2D eigenvalue weighted by Gasteiger charge is -2.09. The first-order valence-corrected chi connectivity index (χ1v) is 8.92. The largest absolute Gasteiger partial charge is 0.346 e. The lowest BCUT2D eigenvalue weighted by molar-refractivity contribution is -0.114. The number of nitrogens with one attached hydrogen (secondary N) is 3. The summed E-state index contributed by atoms with van der Waals surface area (Å²) in [5, 5.41) is 6.09. The second-order valence-electron chi connectivity index (χ2n) is 5.76. The molecule has 0 unspecified atom stereocenters. The Balaban J connectivity index is 1.62. The quantitative estimate of drug-likeness (QED) is 0.560. The van der Waals surface area contributed by atoms with Crippen molar-refractivity contribution in [3.63, 3.8) is 0 Å². The van der Waals surface area contributed by atoms with Gasteiger partial charge in [0.2, 0.25) is 11.8 Å². The summed E-state index contributed by atoms with van der Waals surface area (Å²) in [5.74, 6) is -0.208. The molecule has 3 rings (SSSR count). The summed E-state index contributed by atoms with van der Waals surface area (Å²) in [6.07, 6.45) is 2.72. The Morgan fingerprint density at radius 3 is 2.76 bits per heavy atom. The number of fused-ring (bicyclic) bond motifs is 1. The number of anilines is 2. The molecule has 0 saturated heterocycles. The summed E-state index contributed by atoms with van der Waals surface area (Å²) in [6, 6.07) is 6.93. The summed E-state index contributed by atoms with van der Waals surface area (Å²) in [7, 11) is 0. The van der Waals surface area contributed by atoms with Gasteiger partial charge in [0.1, 0.15) is 5.03 Å². The molecule has 1 aliphatic rings. The van der Waals surface area contributed by atoms with Gasteiger partial charge in [-0.25, -0.2) is 4.79 Å². The number of rotatable bonds is 5. The van der Waals surface area contributed by atoms with E-state index in [1.165, 1.54) is 18.7 Å². The predicted octanol–water partition coefficient (Wildman–Crippen LogP) is 1.95. The molecule has 25 heavy (non-hydrogen) atoms. The fraction of sp³-hybridized carbons (Fsp3) is 0.294. The molecule has 1 aliphatic carbocycles. The van der Waals surface area contributed by atoms with Gasteiger partial charge in [-0.3, -0.25) is 9.59 Å².